The van der Waals surface area contributed by atoms with Crippen molar-refractivity contribution in [2.24, 2.45) is 5.90 Å². The zero-order chi connectivity index (χ0) is 19.2. The van der Waals surface area contributed by atoms with Crippen molar-refractivity contribution in [2.75, 3.05) is 20.3 Å². The van der Waals surface area contributed by atoms with Gasteiger partial charge in [-0.15, -0.1) is 0 Å². The highest BCUT2D eigenvalue weighted by molar-refractivity contribution is 5.92. The minimum Gasteiger partial charge on any atom is -0.493 e. The van der Waals surface area contributed by atoms with Gasteiger partial charge < -0.3 is 14.3 Å². The number of rotatable bonds is 7. The molecule has 0 aromatic heterocycles. The number of esters is 1. The maximum Gasteiger partial charge on any atom is 0.416 e. The van der Waals surface area contributed by atoms with E-state index in [9.17, 15) is 18.0 Å². The molecule has 0 saturated heterocycles. The van der Waals surface area contributed by atoms with Crippen LogP contribution in [0.3, 0.4) is 0 Å². The third-order valence-corrected chi connectivity index (χ3v) is 3.59. The van der Waals surface area contributed by atoms with Crippen LogP contribution in [-0.4, -0.2) is 26.3 Å². The number of hydrogen-bond donors (Lipinski definition) is 1. The summed E-state index contributed by atoms with van der Waals surface area (Å²) in [7, 11) is 1.25. The van der Waals surface area contributed by atoms with Gasteiger partial charge in [0, 0.05) is 12.0 Å². The highest BCUT2D eigenvalue weighted by Gasteiger charge is 2.30. The molecular formula is C18H18F3NO4. The highest BCUT2D eigenvalue weighted by atomic mass is 19.4. The van der Waals surface area contributed by atoms with Crippen molar-refractivity contribution in [3.63, 3.8) is 0 Å². The molecule has 0 fully saturated rings. The Morgan fingerprint density at radius 1 is 1.08 bits per heavy atom. The molecule has 26 heavy (non-hydrogen) atoms. The lowest BCUT2D eigenvalue weighted by atomic mass is 10.0. The van der Waals surface area contributed by atoms with Crippen LogP contribution >= 0.6 is 0 Å². The first-order valence-corrected chi connectivity index (χ1v) is 7.71. The van der Waals surface area contributed by atoms with Crippen LogP contribution in [0.25, 0.3) is 11.1 Å². The molecule has 0 saturated carbocycles. The van der Waals surface area contributed by atoms with Gasteiger partial charge in [0.05, 0.1) is 31.5 Å². The van der Waals surface area contributed by atoms with E-state index in [1.807, 2.05) is 0 Å². The number of alkyl halides is 3. The van der Waals surface area contributed by atoms with Gasteiger partial charge in [-0.3, -0.25) is 0 Å². The lowest BCUT2D eigenvalue weighted by Gasteiger charge is -2.14. The molecule has 0 spiro atoms. The lowest BCUT2D eigenvalue weighted by molar-refractivity contribution is -0.137. The third kappa shape index (κ3) is 4.96. The molecule has 0 atom stereocenters. The third-order valence-electron chi connectivity index (χ3n) is 3.59. The second-order valence-electron chi connectivity index (χ2n) is 5.35. The first kappa shape index (κ1) is 19.7. The number of ether oxygens (including phenoxy) is 2. The lowest BCUT2D eigenvalue weighted by Crippen LogP contribution is -2.08. The van der Waals surface area contributed by atoms with Crippen molar-refractivity contribution in [3.8, 4) is 16.9 Å². The highest BCUT2D eigenvalue weighted by Crippen LogP contribution is 2.35. The van der Waals surface area contributed by atoms with E-state index in [0.29, 0.717) is 36.5 Å². The number of benzene rings is 2. The number of nitrogens with two attached hydrogens (primary N) is 1. The van der Waals surface area contributed by atoms with Crippen LogP contribution in [0, 0.1) is 0 Å². The summed E-state index contributed by atoms with van der Waals surface area (Å²) in [5.41, 5.74) is 0.470. The molecule has 140 valence electrons. The Bertz CT molecular complexity index is 745. The predicted molar refractivity (Wildman–Crippen MR) is 88.5 cm³/mol. The molecule has 0 aliphatic heterocycles. The van der Waals surface area contributed by atoms with E-state index in [1.54, 1.807) is 6.07 Å². The minimum atomic E-state index is -4.42. The van der Waals surface area contributed by atoms with Crippen LogP contribution in [0.4, 0.5) is 13.2 Å². The second-order valence-corrected chi connectivity index (χ2v) is 5.35. The smallest absolute Gasteiger partial charge is 0.416 e. The molecule has 0 bridgehead atoms. The molecule has 0 aliphatic carbocycles. The van der Waals surface area contributed by atoms with Crippen LogP contribution in [0.5, 0.6) is 5.75 Å². The Balaban J connectivity index is 2.36. The number of methoxy groups -OCH3 is 1. The van der Waals surface area contributed by atoms with E-state index in [1.165, 1.54) is 31.4 Å². The Labute approximate surface area is 148 Å². The maximum atomic E-state index is 12.7. The summed E-state index contributed by atoms with van der Waals surface area (Å²) < 4.78 is 48.6. The second kappa shape index (κ2) is 8.68. The SMILES string of the molecule is COC(=O)c1ccc(OCCCON)c(-c2ccc(C(F)(F)F)cc2)c1. The maximum absolute atomic E-state index is 12.7. The fraction of sp³-hybridized carbons (Fsp3) is 0.278. The molecule has 5 nitrogen and oxygen atoms in total. The van der Waals surface area contributed by atoms with Crippen LogP contribution in [0.1, 0.15) is 22.3 Å². The summed E-state index contributed by atoms with van der Waals surface area (Å²) in [6.07, 6.45) is -3.89. The summed E-state index contributed by atoms with van der Waals surface area (Å²) in [4.78, 5) is 16.2. The average molecular weight is 369 g/mol. The quantitative estimate of drug-likeness (QED) is 0.456. The Hall–Kier alpha value is -2.58. The molecule has 8 heteroatoms. The molecular weight excluding hydrogens is 351 g/mol. The predicted octanol–water partition coefficient (Wildman–Crippen LogP) is 3.82. The molecule has 0 radical (unpaired) electrons. The number of carbonyl (C=O) groups is 1. The van der Waals surface area contributed by atoms with E-state index in [2.05, 4.69) is 9.57 Å². The number of carbonyl (C=O) groups excluding carboxylic acids is 1. The zero-order valence-corrected chi connectivity index (χ0v) is 14.0. The average Bonchev–Trinajstić information content (AvgIpc) is 2.64. The van der Waals surface area contributed by atoms with Gasteiger partial charge in [0.25, 0.3) is 0 Å². The van der Waals surface area contributed by atoms with Crippen molar-refractivity contribution >= 4 is 5.97 Å². The Kier molecular flexibility index (Phi) is 6.59. The van der Waals surface area contributed by atoms with Crippen LogP contribution in [-0.2, 0) is 15.8 Å². The standard InChI is InChI=1S/C18H18F3NO4/c1-24-17(23)13-5-8-16(25-9-2-10-26-22)15(11-13)12-3-6-14(7-4-12)18(19,20)21/h3-8,11H,2,9-10,22H2,1H3. The van der Waals surface area contributed by atoms with Crippen molar-refractivity contribution in [1.82, 2.24) is 0 Å². The first-order valence-electron chi connectivity index (χ1n) is 7.71. The van der Waals surface area contributed by atoms with E-state index in [0.717, 1.165) is 12.1 Å². The van der Waals surface area contributed by atoms with Crippen molar-refractivity contribution in [1.29, 1.82) is 0 Å². The zero-order valence-electron chi connectivity index (χ0n) is 14.0. The molecule has 2 rings (SSSR count). The van der Waals surface area contributed by atoms with Gasteiger partial charge in [-0.05, 0) is 35.9 Å². The summed E-state index contributed by atoms with van der Waals surface area (Å²) in [5, 5.41) is 0. The summed E-state index contributed by atoms with van der Waals surface area (Å²) in [6.45, 7) is 0.595. The molecule has 0 aliphatic rings. The number of halogens is 3. The van der Waals surface area contributed by atoms with Crippen molar-refractivity contribution < 1.29 is 32.3 Å². The van der Waals surface area contributed by atoms with Gasteiger partial charge in [-0.1, -0.05) is 12.1 Å². The van der Waals surface area contributed by atoms with E-state index in [4.69, 9.17) is 10.6 Å². The largest absolute Gasteiger partial charge is 0.493 e. The summed E-state index contributed by atoms with van der Waals surface area (Å²) in [5.74, 6) is 4.82. The van der Waals surface area contributed by atoms with Gasteiger partial charge >= 0.3 is 12.1 Å². The molecule has 2 aromatic carbocycles. The Morgan fingerprint density at radius 3 is 2.35 bits per heavy atom. The van der Waals surface area contributed by atoms with Gasteiger partial charge in [-0.25, -0.2) is 10.7 Å². The Morgan fingerprint density at radius 2 is 1.77 bits per heavy atom. The van der Waals surface area contributed by atoms with E-state index >= 15 is 0 Å². The molecule has 2 aromatic rings. The van der Waals surface area contributed by atoms with Gasteiger partial charge in [-0.2, -0.15) is 13.2 Å². The summed E-state index contributed by atoms with van der Waals surface area (Å²) >= 11 is 0. The first-order chi connectivity index (χ1) is 12.4. The van der Waals surface area contributed by atoms with Crippen LogP contribution < -0.4 is 10.6 Å². The van der Waals surface area contributed by atoms with Gasteiger partial charge in [0.2, 0.25) is 0 Å². The van der Waals surface area contributed by atoms with Crippen LogP contribution in [0.15, 0.2) is 42.5 Å². The normalized spacial score (nSPS) is 11.3. The fourth-order valence-electron chi connectivity index (χ4n) is 2.29. The van der Waals surface area contributed by atoms with E-state index in [-0.39, 0.29) is 5.56 Å². The topological polar surface area (TPSA) is 70.8 Å². The van der Waals surface area contributed by atoms with Crippen molar-refractivity contribution in [2.45, 2.75) is 12.6 Å². The minimum absolute atomic E-state index is 0.264. The number of hydrogen-bond acceptors (Lipinski definition) is 5. The molecule has 0 amide bonds. The monoisotopic (exact) mass is 369 g/mol. The summed E-state index contributed by atoms with van der Waals surface area (Å²) in [6, 6.07) is 9.22. The van der Waals surface area contributed by atoms with Crippen molar-refractivity contribution in [3.05, 3.63) is 53.6 Å². The van der Waals surface area contributed by atoms with E-state index < -0.39 is 17.7 Å². The fourth-order valence-corrected chi connectivity index (χ4v) is 2.29. The molecule has 0 unspecified atom stereocenters. The van der Waals surface area contributed by atoms with Gasteiger partial charge in [0.15, 0.2) is 0 Å². The van der Waals surface area contributed by atoms with Crippen LogP contribution in [0.2, 0.25) is 0 Å². The van der Waals surface area contributed by atoms with Gasteiger partial charge in [0.1, 0.15) is 5.75 Å². The molecule has 2 N–H and O–H groups in total. The molecule has 0 heterocycles.